The molecule has 4 aromatic carbocycles. The van der Waals surface area contributed by atoms with Crippen LogP contribution in [-0.2, 0) is 35.2 Å². The Kier molecular flexibility index (Phi) is 19.6. The highest BCUT2D eigenvalue weighted by atomic mass is 35.5. The quantitative estimate of drug-likeness (QED) is 0.0724. The highest BCUT2D eigenvalue weighted by Crippen LogP contribution is 2.36. The molecule has 1 saturated heterocycles. The molecule has 6 rings (SSSR count). The number of aliphatic hydroxyl groups is 2. The summed E-state index contributed by atoms with van der Waals surface area (Å²) in [6, 6.07) is 21.9. The van der Waals surface area contributed by atoms with E-state index in [-0.39, 0.29) is 18.7 Å². The smallest absolute Gasteiger partial charge is 0.247 e. The van der Waals surface area contributed by atoms with Crippen molar-refractivity contribution >= 4 is 52.0 Å². The van der Waals surface area contributed by atoms with Gasteiger partial charge in [0.2, 0.25) is 29.1 Å². The van der Waals surface area contributed by atoms with Gasteiger partial charge in [-0.2, -0.15) is 5.26 Å². The van der Waals surface area contributed by atoms with Crippen molar-refractivity contribution in [1.29, 1.82) is 5.26 Å². The predicted molar refractivity (Wildman–Crippen MR) is 246 cm³/mol. The van der Waals surface area contributed by atoms with E-state index in [4.69, 9.17) is 57.3 Å². The molecule has 330 valence electrons. The number of ketones is 1. The first kappa shape index (κ1) is 50.2. The number of aliphatic hydroxyl groups excluding tert-OH is 2. The number of nitrogens with zero attached hydrogens (tertiary/aromatic N) is 6. The van der Waals surface area contributed by atoms with E-state index < -0.39 is 30.0 Å². The lowest BCUT2D eigenvalue weighted by Crippen LogP contribution is -2.40. The number of carbonyl (C=O) groups excluding carboxylic acids is 2. The second-order valence-electron chi connectivity index (χ2n) is 14.9. The number of rotatable bonds is 14. The summed E-state index contributed by atoms with van der Waals surface area (Å²) in [6.45, 7) is 30.3. The Bertz CT molecular complexity index is 2540. The van der Waals surface area contributed by atoms with Crippen molar-refractivity contribution in [2.45, 2.75) is 84.3 Å². The minimum Gasteiger partial charge on any atom is -0.420 e. The summed E-state index contributed by atoms with van der Waals surface area (Å²) < 4.78 is 10.8. The summed E-state index contributed by atoms with van der Waals surface area (Å²) in [5.41, 5.74) is 6.23. The standard InChI is InChI=1S/C23H22ClN3O3.C22H19ClN4O2.C4H8O/c1-4-18-17(9-10-20(26-3)22(18)24)11-19(14(2)28)23(30)27-13-21(29)16-7-5-15(12-25)6-8-16;1-5-17-15(8-11-19(25-4)20(17)23)12-18(13(2)28)22-27-26-21(29-22)14-6-9-16(24-3)10-7-14;1-2-4-5-3-1/h5-10,14,19,28H,4,11,13H2,1-2H3,(H,27,30);6-11,13,18,28H,5,12H2,1-2H3;1-4H2/t14-,19-;13-,18-;/m11./s1. The van der Waals surface area contributed by atoms with Crippen molar-refractivity contribution in [3.05, 3.63) is 156 Å². The maximum atomic E-state index is 12.7. The zero-order chi connectivity index (χ0) is 46.8. The first-order chi connectivity index (χ1) is 30.8. The molecule has 1 aliphatic rings. The number of nitriles is 1. The van der Waals surface area contributed by atoms with Gasteiger partial charge in [0.05, 0.1) is 72.0 Å². The lowest BCUT2D eigenvalue weighted by atomic mass is 9.90. The molecule has 0 radical (unpaired) electrons. The molecule has 1 aliphatic heterocycles. The molecule has 0 saturated carbocycles. The first-order valence-electron chi connectivity index (χ1n) is 20.7. The Labute approximate surface area is 384 Å². The average Bonchev–Trinajstić information content (AvgIpc) is 4.06. The number of hydrogen-bond donors (Lipinski definition) is 3. The molecule has 1 amide bonds. The van der Waals surface area contributed by atoms with Crippen LogP contribution < -0.4 is 5.32 Å². The SMILES string of the molecule is C1CCOC1.[C-]#[N+]c1ccc(-c2nnc([C@H](Cc3ccc([N+]#[C-])c(Cl)c3CC)[C@@H](C)O)o2)cc1.[C-]#[N+]c1ccc(C[C@@H](C(=O)NCC(=O)c2ccc(C#N)cc2)[C@@H](C)O)c(CC)c1Cl. The number of carbonyl (C=O) groups is 2. The Morgan fingerprint density at radius 1 is 0.797 bits per heavy atom. The van der Waals surface area contributed by atoms with Gasteiger partial charge in [0.25, 0.3) is 0 Å². The first-order valence-corrected chi connectivity index (χ1v) is 21.5. The van der Waals surface area contributed by atoms with E-state index in [1.54, 1.807) is 49.4 Å². The Hall–Kier alpha value is -6.42. The molecular formula is C49H49Cl2N7O6. The summed E-state index contributed by atoms with van der Waals surface area (Å²) in [5, 5.41) is 41.0. The molecular weight excluding hydrogens is 853 g/mol. The van der Waals surface area contributed by atoms with Crippen LogP contribution in [0.15, 0.2) is 77.2 Å². The lowest BCUT2D eigenvalue weighted by molar-refractivity contribution is -0.127. The molecule has 4 atom stereocenters. The number of Topliss-reactive ketones (excluding diaryl/α,β-unsaturated/α-hetero) is 1. The third kappa shape index (κ3) is 13.5. The fourth-order valence-electron chi connectivity index (χ4n) is 6.86. The molecule has 5 aromatic rings. The molecule has 0 aliphatic carbocycles. The van der Waals surface area contributed by atoms with Crippen LogP contribution in [0.2, 0.25) is 10.0 Å². The average molecular weight is 903 g/mol. The number of hydrogen-bond acceptors (Lipinski definition) is 9. The Balaban J connectivity index is 0.000000252. The van der Waals surface area contributed by atoms with Gasteiger partial charge in [-0.15, -0.1) is 10.2 Å². The van der Waals surface area contributed by atoms with Crippen LogP contribution in [0.5, 0.6) is 0 Å². The number of ether oxygens (including phenoxy) is 1. The zero-order valence-electron chi connectivity index (χ0n) is 36.1. The maximum absolute atomic E-state index is 12.7. The highest BCUT2D eigenvalue weighted by molar-refractivity contribution is 6.34. The topological polar surface area (TPSA) is 172 Å². The fraction of sp³-hybridized carbons (Fsp3) is 0.347. The maximum Gasteiger partial charge on any atom is 0.247 e. The van der Waals surface area contributed by atoms with Crippen molar-refractivity contribution < 1.29 is 29.0 Å². The van der Waals surface area contributed by atoms with Gasteiger partial charge in [0.1, 0.15) is 0 Å². The van der Waals surface area contributed by atoms with Crippen molar-refractivity contribution in [1.82, 2.24) is 15.5 Å². The molecule has 2 heterocycles. The molecule has 15 heteroatoms. The van der Waals surface area contributed by atoms with Crippen molar-refractivity contribution in [3.8, 4) is 17.5 Å². The lowest BCUT2D eigenvalue weighted by Gasteiger charge is -2.21. The van der Waals surface area contributed by atoms with Crippen LogP contribution in [0, 0.1) is 37.0 Å². The summed E-state index contributed by atoms with van der Waals surface area (Å²) in [7, 11) is 0. The zero-order valence-corrected chi connectivity index (χ0v) is 37.6. The van der Waals surface area contributed by atoms with E-state index in [2.05, 4.69) is 30.0 Å². The second-order valence-corrected chi connectivity index (χ2v) is 15.6. The third-order valence-corrected chi connectivity index (χ3v) is 11.4. The van der Waals surface area contributed by atoms with Gasteiger partial charge in [-0.3, -0.25) is 9.59 Å². The minimum atomic E-state index is -0.945. The van der Waals surface area contributed by atoms with E-state index in [9.17, 15) is 19.8 Å². The third-order valence-electron chi connectivity index (χ3n) is 10.6. The van der Waals surface area contributed by atoms with E-state index >= 15 is 0 Å². The van der Waals surface area contributed by atoms with Gasteiger partial charge in [-0.25, -0.2) is 14.5 Å². The van der Waals surface area contributed by atoms with Gasteiger partial charge >= 0.3 is 0 Å². The predicted octanol–water partition coefficient (Wildman–Crippen LogP) is 10.4. The van der Waals surface area contributed by atoms with Crippen molar-refractivity contribution in [2.24, 2.45) is 5.92 Å². The molecule has 1 aromatic heterocycles. The van der Waals surface area contributed by atoms with E-state index in [0.717, 1.165) is 35.5 Å². The normalized spacial score (nSPS) is 13.4. The summed E-state index contributed by atoms with van der Waals surface area (Å²) in [6.07, 6.45) is 2.83. The largest absolute Gasteiger partial charge is 0.420 e. The summed E-state index contributed by atoms with van der Waals surface area (Å²) >= 11 is 12.7. The number of aromatic nitrogens is 2. The van der Waals surface area contributed by atoms with Gasteiger partial charge in [-0.05, 0) is 86.8 Å². The highest BCUT2D eigenvalue weighted by Gasteiger charge is 2.28. The molecule has 0 bridgehead atoms. The molecule has 64 heavy (non-hydrogen) atoms. The monoisotopic (exact) mass is 901 g/mol. The van der Waals surface area contributed by atoms with E-state index in [0.29, 0.717) is 74.8 Å². The van der Waals surface area contributed by atoms with Crippen molar-refractivity contribution in [2.75, 3.05) is 19.8 Å². The Morgan fingerprint density at radius 2 is 1.36 bits per heavy atom. The van der Waals surface area contributed by atoms with Gasteiger partial charge in [0, 0.05) is 24.3 Å². The van der Waals surface area contributed by atoms with Crippen molar-refractivity contribution in [3.63, 3.8) is 0 Å². The van der Waals surface area contributed by atoms with Gasteiger partial charge in [0.15, 0.2) is 11.5 Å². The number of halogens is 2. The molecule has 1 fully saturated rings. The van der Waals surface area contributed by atoms with Crippen LogP contribution in [0.3, 0.4) is 0 Å². The number of benzene rings is 4. The molecule has 0 unspecified atom stereocenters. The van der Waals surface area contributed by atoms with Crippen LogP contribution >= 0.6 is 23.2 Å². The van der Waals surface area contributed by atoms with Crippen LogP contribution in [-0.4, -0.2) is 64.1 Å². The number of amides is 1. The van der Waals surface area contributed by atoms with Crippen LogP contribution in [0.1, 0.15) is 90.5 Å². The van der Waals surface area contributed by atoms with Gasteiger partial charge < -0.3 is 24.7 Å². The molecule has 13 nitrogen and oxygen atoms in total. The summed E-state index contributed by atoms with van der Waals surface area (Å²) in [5.74, 6) is -1.27. The van der Waals surface area contributed by atoms with Crippen LogP contribution in [0.4, 0.5) is 17.1 Å². The summed E-state index contributed by atoms with van der Waals surface area (Å²) in [4.78, 5) is 35.2. The second kappa shape index (κ2) is 25.0. The fourth-order valence-corrected chi connectivity index (χ4v) is 7.58. The molecule has 3 N–H and O–H groups in total. The van der Waals surface area contributed by atoms with Gasteiger partial charge in [-0.1, -0.05) is 97.7 Å². The minimum absolute atomic E-state index is 0.216. The van der Waals surface area contributed by atoms with E-state index in [1.807, 2.05) is 26.0 Å². The molecule has 0 spiro atoms. The van der Waals surface area contributed by atoms with Crippen LogP contribution in [0.25, 0.3) is 26.0 Å². The Morgan fingerprint density at radius 3 is 1.81 bits per heavy atom. The van der Waals surface area contributed by atoms with E-state index in [1.165, 1.54) is 44.0 Å². The number of nitrogens with one attached hydrogen (secondary N) is 1.